The fraction of sp³-hybridized carbons (Fsp3) is 0.667. The summed E-state index contributed by atoms with van der Waals surface area (Å²) < 4.78 is 0. The summed E-state index contributed by atoms with van der Waals surface area (Å²) in [7, 11) is 0. The van der Waals surface area contributed by atoms with E-state index in [0.29, 0.717) is 19.3 Å². The Bertz CT molecular complexity index is 974. The molecule has 3 atom stereocenters. The lowest BCUT2D eigenvalue weighted by Gasteiger charge is -2.32. The first-order valence-electron chi connectivity index (χ1n) is 14.7. The molecule has 0 N–H and O–H groups in total. The van der Waals surface area contributed by atoms with Gasteiger partial charge in [-0.2, -0.15) is 0 Å². The van der Waals surface area contributed by atoms with Gasteiger partial charge in [0, 0.05) is 43.6 Å². The minimum atomic E-state index is -0.134. The van der Waals surface area contributed by atoms with Crippen molar-refractivity contribution in [3.63, 3.8) is 0 Å². The van der Waals surface area contributed by atoms with Crippen LogP contribution in [-0.2, 0) is 32.0 Å². The summed E-state index contributed by atoms with van der Waals surface area (Å²) in [6.45, 7) is 13.6. The fourth-order valence-electron chi connectivity index (χ4n) is 5.71. The third kappa shape index (κ3) is 10.4. The van der Waals surface area contributed by atoms with E-state index in [2.05, 4.69) is 20.8 Å². The van der Waals surface area contributed by atoms with Crippen molar-refractivity contribution >= 4 is 28.9 Å². The van der Waals surface area contributed by atoms with Gasteiger partial charge < -0.3 is 0 Å². The molecular weight excluding hydrogens is 476 g/mol. The molecule has 212 valence electrons. The summed E-state index contributed by atoms with van der Waals surface area (Å²) in [5.74, 6) is 0.403. The summed E-state index contributed by atoms with van der Waals surface area (Å²) in [4.78, 5) is 61.4. The number of carbonyl (C=O) groups is 5. The molecule has 0 bridgehead atoms. The van der Waals surface area contributed by atoms with Crippen molar-refractivity contribution in [2.24, 2.45) is 17.8 Å². The fourth-order valence-corrected chi connectivity index (χ4v) is 5.71. The number of hydrogen-bond acceptors (Lipinski definition) is 5. The molecular formula is C33H50O5. The molecule has 1 aromatic carbocycles. The lowest BCUT2D eigenvalue weighted by atomic mass is 9.72. The molecule has 5 nitrogen and oxygen atoms in total. The van der Waals surface area contributed by atoms with Crippen LogP contribution >= 0.6 is 0 Å². The molecule has 0 aliphatic heterocycles. The molecule has 0 fully saturated rings. The third-order valence-electron chi connectivity index (χ3n) is 7.53. The van der Waals surface area contributed by atoms with Crippen molar-refractivity contribution in [2.75, 3.05) is 0 Å². The summed E-state index contributed by atoms with van der Waals surface area (Å²) >= 11 is 0. The number of benzene rings is 1. The lowest BCUT2D eigenvalue weighted by molar-refractivity contribution is -0.130. The van der Waals surface area contributed by atoms with Crippen molar-refractivity contribution in [2.45, 2.75) is 126 Å². The van der Waals surface area contributed by atoms with Crippen LogP contribution in [0.3, 0.4) is 0 Å². The van der Waals surface area contributed by atoms with Crippen LogP contribution in [0.1, 0.15) is 133 Å². The van der Waals surface area contributed by atoms with Gasteiger partial charge >= 0.3 is 0 Å². The van der Waals surface area contributed by atoms with Crippen LogP contribution in [-0.4, -0.2) is 28.9 Å². The molecule has 1 aliphatic rings. The molecule has 3 unspecified atom stereocenters. The average molecular weight is 527 g/mol. The van der Waals surface area contributed by atoms with Gasteiger partial charge in [0.05, 0.1) is 6.42 Å². The lowest BCUT2D eigenvalue weighted by Crippen LogP contribution is -2.30. The molecule has 2 rings (SSSR count). The number of carbonyl (C=O) groups excluding carboxylic acids is 5. The number of fused-ring (bicyclic) bond motifs is 1. The van der Waals surface area contributed by atoms with Gasteiger partial charge in [0.25, 0.3) is 0 Å². The zero-order chi connectivity index (χ0) is 28.8. The quantitative estimate of drug-likeness (QED) is 0.222. The van der Waals surface area contributed by atoms with E-state index in [4.69, 9.17) is 0 Å². The summed E-state index contributed by atoms with van der Waals surface area (Å²) in [6.07, 6.45) is 7.13. The van der Waals surface area contributed by atoms with Crippen LogP contribution < -0.4 is 0 Å². The first kappa shape index (κ1) is 33.6. The molecule has 0 heterocycles. The molecule has 0 spiro atoms. The van der Waals surface area contributed by atoms with E-state index in [1.54, 1.807) is 6.92 Å². The summed E-state index contributed by atoms with van der Waals surface area (Å²) in [5, 5.41) is 0. The minimum absolute atomic E-state index is 0.00154. The minimum Gasteiger partial charge on any atom is -0.300 e. The molecule has 38 heavy (non-hydrogen) atoms. The zero-order valence-corrected chi connectivity index (χ0v) is 24.9. The molecule has 1 aliphatic carbocycles. The molecule has 0 saturated carbocycles. The molecule has 0 radical (unpaired) electrons. The molecule has 0 saturated heterocycles. The van der Waals surface area contributed by atoms with Gasteiger partial charge in [-0.05, 0) is 61.6 Å². The van der Waals surface area contributed by atoms with E-state index >= 15 is 0 Å². The topological polar surface area (TPSA) is 85.3 Å². The van der Waals surface area contributed by atoms with Gasteiger partial charge in [0.1, 0.15) is 23.1 Å². The Balaban J connectivity index is 0.00000229. The average Bonchev–Trinajstić information content (AvgIpc) is 2.84. The highest BCUT2D eigenvalue weighted by Crippen LogP contribution is 2.37. The molecule has 5 heteroatoms. The van der Waals surface area contributed by atoms with Crippen molar-refractivity contribution in [1.29, 1.82) is 0 Å². The van der Waals surface area contributed by atoms with E-state index in [1.165, 1.54) is 13.3 Å². The summed E-state index contributed by atoms with van der Waals surface area (Å²) in [5.41, 5.74) is 3.53. The first-order valence-corrected chi connectivity index (χ1v) is 14.7. The number of rotatable bonds is 15. The van der Waals surface area contributed by atoms with Gasteiger partial charge in [-0.15, -0.1) is 0 Å². The van der Waals surface area contributed by atoms with Crippen LogP contribution in [0, 0.1) is 24.7 Å². The van der Waals surface area contributed by atoms with Gasteiger partial charge in [0.2, 0.25) is 0 Å². The van der Waals surface area contributed by atoms with E-state index in [9.17, 15) is 24.0 Å². The van der Waals surface area contributed by atoms with Crippen LogP contribution in [0.25, 0.3) is 0 Å². The van der Waals surface area contributed by atoms with Crippen molar-refractivity contribution in [3.05, 3.63) is 34.4 Å². The van der Waals surface area contributed by atoms with Crippen LogP contribution in [0.5, 0.6) is 0 Å². The normalized spacial score (nSPS) is 16.1. The predicted octanol–water partition coefficient (Wildman–Crippen LogP) is 7.41. The Morgan fingerprint density at radius 1 is 0.947 bits per heavy atom. The van der Waals surface area contributed by atoms with Gasteiger partial charge in [0.15, 0.2) is 5.78 Å². The Kier molecular flexibility index (Phi) is 15.2. The largest absolute Gasteiger partial charge is 0.300 e. The smallest absolute Gasteiger partial charge is 0.163 e. The second-order valence-corrected chi connectivity index (χ2v) is 11.0. The van der Waals surface area contributed by atoms with Crippen LogP contribution in [0.2, 0.25) is 0 Å². The van der Waals surface area contributed by atoms with E-state index in [0.717, 1.165) is 47.9 Å². The summed E-state index contributed by atoms with van der Waals surface area (Å²) in [6, 6.07) is 3.94. The third-order valence-corrected chi connectivity index (χ3v) is 7.53. The highest BCUT2D eigenvalue weighted by atomic mass is 16.2. The van der Waals surface area contributed by atoms with Crippen molar-refractivity contribution in [1.82, 2.24) is 0 Å². The predicted molar refractivity (Wildman–Crippen MR) is 154 cm³/mol. The highest BCUT2D eigenvalue weighted by Gasteiger charge is 2.33. The number of ketones is 5. The maximum absolute atomic E-state index is 13.2. The second kappa shape index (κ2) is 17.2. The Labute approximate surface area is 230 Å². The molecule has 1 aromatic rings. The van der Waals surface area contributed by atoms with Crippen LogP contribution in [0.4, 0.5) is 0 Å². The van der Waals surface area contributed by atoms with Crippen LogP contribution in [0.15, 0.2) is 12.1 Å². The van der Waals surface area contributed by atoms with Crippen molar-refractivity contribution in [3.8, 4) is 0 Å². The SMILES string of the molecule is CCC.CCCC(CC1CC(=O)c2c(ccc(CC(=O)CCC(=O)CC)c2C)C1)C(CC)C(=O)CC(C)=O. The Hall–Kier alpha value is -2.43. The van der Waals surface area contributed by atoms with E-state index in [-0.39, 0.29) is 72.4 Å². The Morgan fingerprint density at radius 3 is 2.13 bits per heavy atom. The molecule has 0 amide bonds. The highest BCUT2D eigenvalue weighted by molar-refractivity contribution is 6.01. The van der Waals surface area contributed by atoms with Gasteiger partial charge in [-0.1, -0.05) is 66.0 Å². The standard InChI is InChI=1S/C30H42O5.C3H8/c1-6-9-23(27(8-3)28(34)14-19(4)31)15-21-16-24-11-10-22(20(5)30(24)29(35)17-21)18-26(33)13-12-25(32)7-2;1-3-2/h10-11,21,23,27H,6-9,12-18H2,1-5H3;3H2,1-2H3. The number of Topliss-reactive ketones (excluding diaryl/α,β-unsaturated/α-hetero) is 5. The van der Waals surface area contributed by atoms with Crippen molar-refractivity contribution < 1.29 is 24.0 Å². The van der Waals surface area contributed by atoms with E-state index < -0.39 is 0 Å². The molecule has 0 aromatic heterocycles. The maximum atomic E-state index is 13.2. The first-order chi connectivity index (χ1) is 18.0. The van der Waals surface area contributed by atoms with Gasteiger partial charge in [-0.3, -0.25) is 24.0 Å². The van der Waals surface area contributed by atoms with Gasteiger partial charge in [-0.25, -0.2) is 0 Å². The monoisotopic (exact) mass is 526 g/mol. The maximum Gasteiger partial charge on any atom is 0.163 e. The zero-order valence-electron chi connectivity index (χ0n) is 24.9. The van der Waals surface area contributed by atoms with E-state index in [1.807, 2.05) is 26.0 Å². The Morgan fingerprint density at radius 2 is 1.58 bits per heavy atom. The number of hydrogen-bond donors (Lipinski definition) is 0. The second-order valence-electron chi connectivity index (χ2n) is 11.0.